The van der Waals surface area contributed by atoms with Crippen molar-refractivity contribution in [3.8, 4) is 5.69 Å². The Labute approximate surface area is 145 Å². The molecule has 0 unspecified atom stereocenters. The van der Waals surface area contributed by atoms with Crippen molar-refractivity contribution in [1.29, 1.82) is 0 Å². The summed E-state index contributed by atoms with van der Waals surface area (Å²) >= 11 is 0. The molecule has 4 heterocycles. The number of hydrogen-bond donors (Lipinski definition) is 0. The van der Waals surface area contributed by atoms with E-state index in [-0.39, 0.29) is 0 Å². The molecule has 2 atom stereocenters. The van der Waals surface area contributed by atoms with Gasteiger partial charge in [-0.05, 0) is 55.5 Å². The molecule has 2 bridgehead atoms. The zero-order valence-corrected chi connectivity index (χ0v) is 14.6. The van der Waals surface area contributed by atoms with E-state index in [1.165, 1.54) is 51.0 Å². The van der Waals surface area contributed by atoms with Crippen LogP contribution in [-0.2, 0) is 6.54 Å². The Morgan fingerprint density at radius 2 is 1.96 bits per heavy atom. The third-order valence-corrected chi connectivity index (χ3v) is 5.52. The van der Waals surface area contributed by atoms with Crippen LogP contribution in [0.25, 0.3) is 5.69 Å². The highest BCUT2D eigenvalue weighted by atomic mass is 15.3. The van der Waals surface area contributed by atoms with Crippen LogP contribution in [0.2, 0.25) is 0 Å². The quantitative estimate of drug-likeness (QED) is 0.844. The molecule has 3 fully saturated rings. The van der Waals surface area contributed by atoms with Gasteiger partial charge in [-0.15, -0.1) is 0 Å². The van der Waals surface area contributed by atoms with Crippen molar-refractivity contribution in [1.82, 2.24) is 19.6 Å². The maximum Gasteiger partial charge on any atom is 0.0645 e. The van der Waals surface area contributed by atoms with E-state index >= 15 is 0 Å². The van der Waals surface area contributed by atoms with Gasteiger partial charge in [0.25, 0.3) is 0 Å². The van der Waals surface area contributed by atoms with E-state index in [2.05, 4.69) is 46.1 Å². The number of nitrogens with zero attached hydrogens (tertiary/aromatic N) is 4. The number of fused-ring (bicyclic) bond motifs is 4. The second-order valence-corrected chi connectivity index (χ2v) is 7.40. The Bertz CT molecular complexity index is 634. The predicted octanol–water partition coefficient (Wildman–Crippen LogP) is 3.18. The van der Waals surface area contributed by atoms with Gasteiger partial charge in [0.1, 0.15) is 0 Å². The Balaban J connectivity index is 1.42. The molecule has 0 aliphatic carbocycles. The summed E-state index contributed by atoms with van der Waals surface area (Å²) in [5, 5.41) is 4.30. The van der Waals surface area contributed by atoms with Crippen LogP contribution in [0.4, 0.5) is 0 Å². The van der Waals surface area contributed by atoms with E-state index in [1.54, 1.807) is 0 Å². The van der Waals surface area contributed by atoms with Crippen LogP contribution >= 0.6 is 0 Å². The first kappa shape index (κ1) is 15.9. The van der Waals surface area contributed by atoms with Crippen molar-refractivity contribution in [2.45, 2.75) is 38.8 Å². The summed E-state index contributed by atoms with van der Waals surface area (Å²) < 4.78 is 1.92. The molecule has 0 N–H and O–H groups in total. The molecule has 0 radical (unpaired) electrons. The second kappa shape index (κ2) is 7.08. The molecule has 2 aromatic rings. The number of hydrogen-bond acceptors (Lipinski definition) is 3. The van der Waals surface area contributed by atoms with Gasteiger partial charge in [0.15, 0.2) is 0 Å². The molecule has 0 spiro atoms. The zero-order valence-electron chi connectivity index (χ0n) is 14.6. The maximum atomic E-state index is 4.30. The van der Waals surface area contributed by atoms with Gasteiger partial charge >= 0.3 is 0 Å². The highest BCUT2D eigenvalue weighted by molar-refractivity contribution is 5.33. The van der Waals surface area contributed by atoms with E-state index in [9.17, 15) is 0 Å². The number of aromatic nitrogens is 2. The number of rotatable bonds is 5. The van der Waals surface area contributed by atoms with Crippen molar-refractivity contribution >= 4 is 0 Å². The average Bonchev–Trinajstić information content (AvgIpc) is 3.00. The fraction of sp³-hybridized carbons (Fsp3) is 0.550. The largest absolute Gasteiger partial charge is 0.299 e. The molecular formula is C20H28N4. The van der Waals surface area contributed by atoms with Crippen molar-refractivity contribution < 1.29 is 0 Å². The lowest BCUT2D eigenvalue weighted by Gasteiger charge is -2.35. The fourth-order valence-corrected chi connectivity index (χ4v) is 4.40. The summed E-state index contributed by atoms with van der Waals surface area (Å²) in [6.45, 7) is 8.46. The van der Waals surface area contributed by atoms with E-state index in [0.717, 1.165) is 24.2 Å². The molecule has 5 rings (SSSR count). The van der Waals surface area contributed by atoms with E-state index in [4.69, 9.17) is 0 Å². The molecule has 1 aromatic carbocycles. The third kappa shape index (κ3) is 3.40. The van der Waals surface area contributed by atoms with E-state index < -0.39 is 0 Å². The molecule has 24 heavy (non-hydrogen) atoms. The monoisotopic (exact) mass is 324 g/mol. The summed E-state index contributed by atoms with van der Waals surface area (Å²) in [5.74, 6) is 0.860. The van der Waals surface area contributed by atoms with Crippen LogP contribution in [0.15, 0.2) is 42.7 Å². The lowest BCUT2D eigenvalue weighted by Crippen LogP contribution is -2.44. The Morgan fingerprint density at radius 1 is 1.08 bits per heavy atom. The first-order valence-corrected chi connectivity index (χ1v) is 9.37. The van der Waals surface area contributed by atoms with Gasteiger partial charge in [-0.25, -0.2) is 4.68 Å². The minimum atomic E-state index is 0.770. The molecule has 128 valence electrons. The van der Waals surface area contributed by atoms with E-state index in [1.807, 2.05) is 23.1 Å². The highest BCUT2D eigenvalue weighted by Crippen LogP contribution is 2.28. The Kier molecular flexibility index (Phi) is 4.67. The summed E-state index contributed by atoms with van der Waals surface area (Å²) in [6, 6.07) is 11.6. The Hall–Kier alpha value is -1.65. The van der Waals surface area contributed by atoms with Crippen molar-refractivity contribution in [2.24, 2.45) is 5.92 Å². The normalized spacial score (nSPS) is 25.0. The first-order chi connectivity index (χ1) is 11.8. The van der Waals surface area contributed by atoms with Gasteiger partial charge in [0.05, 0.1) is 5.69 Å². The van der Waals surface area contributed by atoms with Gasteiger partial charge in [0.2, 0.25) is 0 Å². The van der Waals surface area contributed by atoms with Crippen LogP contribution in [-0.4, -0.2) is 51.8 Å². The SMILES string of the molecule is CCCN1C[C@H]2CC[C@@H]1CN(Cc1ccc(-n3cccn3)cc1)C2. The number of benzene rings is 1. The third-order valence-electron chi connectivity index (χ3n) is 5.52. The topological polar surface area (TPSA) is 24.3 Å². The van der Waals surface area contributed by atoms with Crippen molar-refractivity contribution in [2.75, 3.05) is 26.2 Å². The minimum Gasteiger partial charge on any atom is -0.299 e. The molecule has 1 aromatic heterocycles. The van der Waals surface area contributed by atoms with Crippen LogP contribution in [0.3, 0.4) is 0 Å². The number of piperidine rings is 1. The molecule has 0 amide bonds. The summed E-state index contributed by atoms with van der Waals surface area (Å²) in [5.41, 5.74) is 2.54. The van der Waals surface area contributed by atoms with Gasteiger partial charge in [0, 0.05) is 44.6 Å². The van der Waals surface area contributed by atoms with Crippen LogP contribution in [0.1, 0.15) is 31.7 Å². The lowest BCUT2D eigenvalue weighted by molar-refractivity contribution is 0.131. The van der Waals surface area contributed by atoms with Crippen LogP contribution < -0.4 is 0 Å². The Morgan fingerprint density at radius 3 is 2.71 bits per heavy atom. The molecular weight excluding hydrogens is 296 g/mol. The summed E-state index contributed by atoms with van der Waals surface area (Å²) in [6.07, 6.45) is 7.89. The van der Waals surface area contributed by atoms with E-state index in [0.29, 0.717) is 0 Å². The van der Waals surface area contributed by atoms with Crippen LogP contribution in [0.5, 0.6) is 0 Å². The standard InChI is InChI=1S/C20H28N4/c1-2-11-23-15-18-6-9-20(23)16-22(14-18)13-17-4-7-19(8-5-17)24-12-3-10-21-24/h3-5,7-8,10,12,18,20H,2,6,9,11,13-16H2,1H3/t18-,20+/m0/s1. The molecule has 3 aliphatic rings. The molecule has 4 heteroatoms. The van der Waals surface area contributed by atoms with Gasteiger partial charge < -0.3 is 0 Å². The lowest BCUT2D eigenvalue weighted by atomic mass is 9.95. The first-order valence-electron chi connectivity index (χ1n) is 9.37. The summed E-state index contributed by atoms with van der Waals surface area (Å²) in [4.78, 5) is 5.43. The smallest absolute Gasteiger partial charge is 0.0645 e. The molecule has 0 saturated carbocycles. The maximum absolute atomic E-state index is 4.30. The van der Waals surface area contributed by atoms with Gasteiger partial charge in [-0.3, -0.25) is 9.80 Å². The highest BCUT2D eigenvalue weighted by Gasteiger charge is 2.34. The fourth-order valence-electron chi connectivity index (χ4n) is 4.40. The van der Waals surface area contributed by atoms with Crippen molar-refractivity contribution in [3.63, 3.8) is 0 Å². The average molecular weight is 324 g/mol. The van der Waals surface area contributed by atoms with Crippen LogP contribution in [0, 0.1) is 5.92 Å². The van der Waals surface area contributed by atoms with Gasteiger partial charge in [-0.1, -0.05) is 19.1 Å². The molecule has 4 nitrogen and oxygen atoms in total. The van der Waals surface area contributed by atoms with Crippen molar-refractivity contribution in [3.05, 3.63) is 48.3 Å². The second-order valence-electron chi connectivity index (χ2n) is 7.40. The van der Waals surface area contributed by atoms with Gasteiger partial charge in [-0.2, -0.15) is 5.10 Å². The summed E-state index contributed by atoms with van der Waals surface area (Å²) in [7, 11) is 0. The molecule has 3 saturated heterocycles. The minimum absolute atomic E-state index is 0.770. The predicted molar refractivity (Wildman–Crippen MR) is 97.2 cm³/mol. The zero-order chi connectivity index (χ0) is 16.4. The molecule has 3 aliphatic heterocycles.